The van der Waals surface area contributed by atoms with Crippen LogP contribution in [0.4, 0.5) is 0 Å². The van der Waals surface area contributed by atoms with Gasteiger partial charge in [0, 0.05) is 19.5 Å². The Morgan fingerprint density at radius 1 is 0.947 bits per heavy atom. The van der Waals surface area contributed by atoms with E-state index in [2.05, 4.69) is 50.6 Å². The Morgan fingerprint density at radius 2 is 1.56 bits per heavy atom. The fourth-order valence-corrected chi connectivity index (χ4v) is 9.52. The smallest absolute Gasteiger partial charge is 0.404 e. The molecule has 1 aromatic carbocycles. The standard InChI is InChI=1S/C41H64BN7O8/c1-27(2)24-34(42-56-33-26-28-25-32(40(28,3)4)41(33,5)57-42)46-36(51)31(20-17-22-44-39(43)47-49(54)55)45-35(50)21-13-11-9-7-6-8-10-12-16-23-48-37(52)29-18-14-15-19-30(29)38(48)53/h14-15,18-19,27-28,31-34H,6-13,16-17,20-26H2,1-5H3,(H,45,50)(H,46,51)(H3,43,44,47)/t28-,31-,32-,33+,34-,41-/m0/s1. The quantitative estimate of drug-likeness (QED) is 0.0178. The molecule has 0 aromatic heterocycles. The SMILES string of the molecule is CC(C)C[C@H](NC(=O)[C@H](CCCNC(=N)N[N+](=O)[O-])NC(=O)CCCCCCCCCCCN1C(=O)c2ccccc2C1=O)B1O[C@@H]2C[C@@H]3C[C@@H](C3(C)C)[C@]2(C)O1. The Labute approximate surface area is 337 Å². The molecule has 3 saturated carbocycles. The molecule has 0 unspecified atom stereocenters. The molecule has 57 heavy (non-hydrogen) atoms. The zero-order chi connectivity index (χ0) is 41.3. The zero-order valence-corrected chi connectivity index (χ0v) is 34.5. The van der Waals surface area contributed by atoms with Gasteiger partial charge in [-0.05, 0) is 87.2 Å². The van der Waals surface area contributed by atoms with Crippen LogP contribution in [0.25, 0.3) is 0 Å². The van der Waals surface area contributed by atoms with Gasteiger partial charge in [-0.2, -0.15) is 0 Å². The van der Waals surface area contributed by atoms with Crippen molar-refractivity contribution in [1.29, 1.82) is 5.41 Å². The van der Waals surface area contributed by atoms with Crippen LogP contribution in [0.1, 0.15) is 152 Å². The average molecular weight is 794 g/mol. The molecule has 314 valence electrons. The molecule has 5 N–H and O–H groups in total. The summed E-state index contributed by atoms with van der Waals surface area (Å²) in [6, 6.07) is 6.13. The summed E-state index contributed by atoms with van der Waals surface area (Å²) in [6.45, 7) is 11.6. The number of nitrogens with one attached hydrogen (secondary N) is 5. The number of nitro groups is 1. The third-order valence-electron chi connectivity index (χ3n) is 12.8. The molecule has 6 atom stereocenters. The number of hydrazine groups is 1. The third kappa shape index (κ3) is 10.9. The molecule has 16 heteroatoms. The number of unbranched alkanes of at least 4 members (excludes halogenated alkanes) is 8. The van der Waals surface area contributed by atoms with Crippen LogP contribution in [0.15, 0.2) is 24.3 Å². The molecular weight excluding hydrogens is 729 g/mol. The summed E-state index contributed by atoms with van der Waals surface area (Å²) in [5, 5.41) is 26.3. The highest BCUT2D eigenvalue weighted by Gasteiger charge is 2.68. The van der Waals surface area contributed by atoms with E-state index < -0.39 is 35.7 Å². The minimum Gasteiger partial charge on any atom is -0.404 e. The van der Waals surface area contributed by atoms with E-state index in [1.807, 2.05) is 0 Å². The van der Waals surface area contributed by atoms with Crippen LogP contribution in [0.3, 0.4) is 0 Å². The second-order valence-corrected chi connectivity index (χ2v) is 17.8. The van der Waals surface area contributed by atoms with Gasteiger partial charge in [0.2, 0.25) is 11.8 Å². The van der Waals surface area contributed by atoms with Gasteiger partial charge in [0.05, 0.1) is 28.8 Å². The summed E-state index contributed by atoms with van der Waals surface area (Å²) in [4.78, 5) is 64.2. The van der Waals surface area contributed by atoms with Gasteiger partial charge in [0.1, 0.15) is 6.04 Å². The molecule has 15 nitrogen and oxygen atoms in total. The van der Waals surface area contributed by atoms with Gasteiger partial charge in [-0.15, -0.1) is 0 Å². The maximum atomic E-state index is 13.9. The van der Waals surface area contributed by atoms with Crippen molar-refractivity contribution in [2.45, 2.75) is 155 Å². The molecule has 4 amide bonds. The summed E-state index contributed by atoms with van der Waals surface area (Å²) in [7, 11) is -0.599. The first-order chi connectivity index (χ1) is 27.1. The minimum atomic E-state index is -0.838. The van der Waals surface area contributed by atoms with Crippen molar-refractivity contribution in [3.05, 3.63) is 45.5 Å². The third-order valence-corrected chi connectivity index (χ3v) is 12.8. The van der Waals surface area contributed by atoms with Crippen LogP contribution in [0.5, 0.6) is 0 Å². The molecule has 5 aliphatic rings. The zero-order valence-electron chi connectivity index (χ0n) is 34.5. The Morgan fingerprint density at radius 3 is 2.16 bits per heavy atom. The lowest BCUT2D eigenvalue weighted by Crippen LogP contribution is -2.65. The Balaban J connectivity index is 1.03. The highest BCUT2D eigenvalue weighted by molar-refractivity contribution is 6.48. The monoisotopic (exact) mass is 793 g/mol. The fraction of sp³-hybridized carbons (Fsp3) is 0.732. The predicted molar refractivity (Wildman–Crippen MR) is 217 cm³/mol. The van der Waals surface area contributed by atoms with E-state index in [-0.39, 0.29) is 54.0 Å². The maximum Gasteiger partial charge on any atom is 0.481 e. The maximum absolute atomic E-state index is 13.9. The topological polar surface area (TPSA) is 205 Å². The Hall–Kier alpha value is -4.05. The van der Waals surface area contributed by atoms with Crippen molar-refractivity contribution in [3.8, 4) is 0 Å². The molecule has 2 aliphatic heterocycles. The number of fused-ring (bicyclic) bond motifs is 1. The van der Waals surface area contributed by atoms with Crippen LogP contribution >= 0.6 is 0 Å². The molecule has 2 heterocycles. The number of carbonyl (C=O) groups is 4. The molecular formula is C41H64BN7O8. The molecule has 1 saturated heterocycles. The van der Waals surface area contributed by atoms with E-state index in [1.165, 1.54) is 4.90 Å². The summed E-state index contributed by atoms with van der Waals surface area (Å²) in [5.41, 5.74) is 2.51. The molecule has 0 spiro atoms. The number of hydrogen-bond donors (Lipinski definition) is 5. The summed E-state index contributed by atoms with van der Waals surface area (Å²) in [5.74, 6) is -0.566. The predicted octanol–water partition coefficient (Wildman–Crippen LogP) is 5.55. The van der Waals surface area contributed by atoms with Crippen molar-refractivity contribution >= 4 is 36.7 Å². The number of hydrogen-bond acceptors (Lipinski definition) is 9. The van der Waals surface area contributed by atoms with Crippen molar-refractivity contribution in [3.63, 3.8) is 0 Å². The summed E-state index contributed by atoms with van der Waals surface area (Å²) < 4.78 is 13.3. The van der Waals surface area contributed by atoms with E-state index in [4.69, 9.17) is 14.7 Å². The number of carbonyl (C=O) groups excluding carboxylic acids is 4. The first-order valence-corrected chi connectivity index (χ1v) is 21.2. The summed E-state index contributed by atoms with van der Waals surface area (Å²) in [6.07, 6.45) is 12.2. The Kier molecular flexibility index (Phi) is 15.2. The number of rotatable bonds is 23. The number of guanidine groups is 1. The van der Waals surface area contributed by atoms with Crippen LogP contribution in [-0.4, -0.2) is 83.4 Å². The number of nitrogens with zero attached hydrogens (tertiary/aromatic N) is 2. The van der Waals surface area contributed by atoms with Crippen molar-refractivity contribution in [1.82, 2.24) is 26.3 Å². The largest absolute Gasteiger partial charge is 0.481 e. The number of benzene rings is 1. The lowest BCUT2D eigenvalue weighted by atomic mass is 9.43. The van der Waals surface area contributed by atoms with Crippen LogP contribution in [0, 0.1) is 38.7 Å². The minimum absolute atomic E-state index is 0.0271. The van der Waals surface area contributed by atoms with Crippen molar-refractivity contribution in [2.75, 3.05) is 13.1 Å². The number of amides is 4. The highest BCUT2D eigenvalue weighted by Crippen LogP contribution is 2.65. The van der Waals surface area contributed by atoms with Crippen molar-refractivity contribution < 1.29 is 33.5 Å². The fourth-order valence-electron chi connectivity index (χ4n) is 9.52. The van der Waals surface area contributed by atoms with Gasteiger partial charge >= 0.3 is 7.12 Å². The molecule has 2 bridgehead atoms. The van der Waals surface area contributed by atoms with Gasteiger partial charge in [0.15, 0.2) is 5.03 Å². The van der Waals surface area contributed by atoms with E-state index >= 15 is 0 Å². The van der Waals surface area contributed by atoms with Crippen LogP contribution in [-0.2, 0) is 18.9 Å². The van der Waals surface area contributed by atoms with Gasteiger partial charge < -0.3 is 25.3 Å². The number of imide groups is 1. The van der Waals surface area contributed by atoms with Gasteiger partial charge in [-0.25, -0.2) is 10.1 Å². The highest BCUT2D eigenvalue weighted by atomic mass is 16.7. The molecule has 0 radical (unpaired) electrons. The van der Waals surface area contributed by atoms with E-state index in [1.54, 1.807) is 29.7 Å². The molecule has 3 aliphatic carbocycles. The molecule has 6 rings (SSSR count). The van der Waals surface area contributed by atoms with Crippen LogP contribution in [0.2, 0.25) is 0 Å². The average Bonchev–Trinajstić information content (AvgIpc) is 3.63. The molecule has 4 fully saturated rings. The molecule has 1 aromatic rings. The van der Waals surface area contributed by atoms with E-state index in [0.717, 1.165) is 64.2 Å². The second-order valence-electron chi connectivity index (χ2n) is 17.8. The first kappa shape index (κ1) is 44.1. The first-order valence-electron chi connectivity index (χ1n) is 21.2. The lowest BCUT2D eigenvalue weighted by molar-refractivity contribution is -0.525. The normalized spacial score (nSPS) is 24.0. The second kappa shape index (κ2) is 19.6. The van der Waals surface area contributed by atoms with Gasteiger partial charge in [-0.3, -0.25) is 29.5 Å². The van der Waals surface area contributed by atoms with Gasteiger partial charge in [0.25, 0.3) is 17.8 Å². The Bertz CT molecular complexity index is 1590. The van der Waals surface area contributed by atoms with Crippen LogP contribution < -0.4 is 21.4 Å². The van der Waals surface area contributed by atoms with E-state index in [9.17, 15) is 29.3 Å². The lowest BCUT2D eigenvalue weighted by Gasteiger charge is -2.64. The van der Waals surface area contributed by atoms with E-state index in [0.29, 0.717) is 55.2 Å². The van der Waals surface area contributed by atoms with Gasteiger partial charge in [-0.1, -0.05) is 90.2 Å². The summed E-state index contributed by atoms with van der Waals surface area (Å²) >= 11 is 0. The van der Waals surface area contributed by atoms with Crippen molar-refractivity contribution in [2.24, 2.45) is 23.2 Å².